The summed E-state index contributed by atoms with van der Waals surface area (Å²) in [7, 11) is 0. The fourth-order valence-electron chi connectivity index (χ4n) is 2.89. The van der Waals surface area contributed by atoms with Crippen LogP contribution in [0.1, 0.15) is 53.2 Å². The minimum absolute atomic E-state index is 0.179. The van der Waals surface area contributed by atoms with E-state index in [0.717, 1.165) is 29.3 Å². The molecule has 0 saturated heterocycles. The normalized spacial score (nSPS) is 15.4. The largest absolute Gasteiger partial charge is 0.341 e. The first-order chi connectivity index (χ1) is 12.3. The quantitative estimate of drug-likeness (QED) is 0.679. The highest BCUT2D eigenvalue weighted by molar-refractivity contribution is 7.98. The number of nitrogens with one attached hydrogen (secondary N) is 2. The van der Waals surface area contributed by atoms with E-state index in [1.54, 1.807) is 11.8 Å². The maximum absolute atomic E-state index is 12.6. The van der Waals surface area contributed by atoms with Gasteiger partial charge in [-0.2, -0.15) is 16.9 Å². The van der Waals surface area contributed by atoms with Gasteiger partial charge in [-0.25, -0.2) is 0 Å². The minimum atomic E-state index is -0.210. The van der Waals surface area contributed by atoms with E-state index in [1.165, 1.54) is 12.8 Å². The molecule has 3 heterocycles. The third-order valence-corrected chi connectivity index (χ3v) is 5.06. The smallest absolute Gasteiger partial charge is 0.272 e. The maximum Gasteiger partial charge on any atom is 0.272 e. The average Bonchev–Trinajstić information content (AvgIpc) is 3.21. The fraction of sp³-hybridized carbons (Fsp3) is 0.412. The summed E-state index contributed by atoms with van der Waals surface area (Å²) >= 11 is 1.74. The molecule has 1 aliphatic rings. The number of aromatic amines is 1. The first-order valence-corrected chi connectivity index (χ1v) is 9.80. The van der Waals surface area contributed by atoms with Gasteiger partial charge in [-0.1, -0.05) is 6.07 Å². The third-order valence-electron chi connectivity index (χ3n) is 4.42. The van der Waals surface area contributed by atoms with Gasteiger partial charge in [0.15, 0.2) is 11.5 Å². The van der Waals surface area contributed by atoms with Gasteiger partial charge in [-0.3, -0.25) is 14.3 Å². The topological polar surface area (TPSA) is 88.0 Å². The second-order valence-corrected chi connectivity index (χ2v) is 7.26. The summed E-state index contributed by atoms with van der Waals surface area (Å²) in [4.78, 5) is 12.6. The van der Waals surface area contributed by atoms with Crippen molar-refractivity contribution < 1.29 is 4.79 Å². The van der Waals surface area contributed by atoms with E-state index in [1.807, 2.05) is 34.9 Å². The van der Waals surface area contributed by atoms with Gasteiger partial charge >= 0.3 is 0 Å². The van der Waals surface area contributed by atoms with Gasteiger partial charge in [0.2, 0.25) is 0 Å². The number of rotatable bonds is 7. The summed E-state index contributed by atoms with van der Waals surface area (Å²) in [5.41, 5.74) is 2.26. The van der Waals surface area contributed by atoms with Crippen LogP contribution in [-0.4, -0.2) is 42.7 Å². The molecule has 7 nitrogen and oxygen atoms in total. The van der Waals surface area contributed by atoms with Crippen LogP contribution in [0.15, 0.2) is 30.5 Å². The van der Waals surface area contributed by atoms with E-state index in [4.69, 9.17) is 0 Å². The third kappa shape index (κ3) is 3.39. The Kier molecular flexibility index (Phi) is 4.44. The highest BCUT2D eigenvalue weighted by Gasteiger charge is 2.27. The Morgan fingerprint density at radius 3 is 3.12 bits per heavy atom. The number of fused-ring (bicyclic) bond motifs is 1. The van der Waals surface area contributed by atoms with E-state index in [2.05, 4.69) is 32.0 Å². The van der Waals surface area contributed by atoms with Crippen molar-refractivity contribution in [3.05, 3.63) is 47.7 Å². The van der Waals surface area contributed by atoms with Crippen molar-refractivity contribution >= 4 is 23.3 Å². The number of pyridine rings is 1. The molecular formula is C17H20N6OS. The predicted octanol–water partition coefficient (Wildman–Crippen LogP) is 2.55. The molecule has 4 rings (SSSR count). The molecular weight excluding hydrogens is 336 g/mol. The van der Waals surface area contributed by atoms with Crippen LogP contribution >= 0.6 is 11.8 Å². The van der Waals surface area contributed by atoms with Crippen LogP contribution in [0.5, 0.6) is 0 Å². The minimum Gasteiger partial charge on any atom is -0.341 e. The summed E-state index contributed by atoms with van der Waals surface area (Å²) in [5, 5.41) is 18.7. The monoisotopic (exact) mass is 356 g/mol. The lowest BCUT2D eigenvalue weighted by Gasteiger charge is -2.16. The standard InChI is InChI=1S/C17H20N6OS/c1-25-9-7-12(16-22-21-15-4-2-3-8-23(15)16)18-17(24)14-10-13(19-20-14)11-5-6-11/h2-4,8,10-12H,5-7,9H2,1H3,(H,18,24)(H,19,20). The molecule has 0 aliphatic heterocycles. The number of H-pyrrole nitrogens is 1. The average molecular weight is 356 g/mol. The number of carbonyl (C=O) groups excluding carboxylic acids is 1. The second kappa shape index (κ2) is 6.87. The van der Waals surface area contributed by atoms with Crippen molar-refractivity contribution in [1.82, 2.24) is 30.1 Å². The summed E-state index contributed by atoms with van der Waals surface area (Å²) < 4.78 is 1.92. The molecule has 25 heavy (non-hydrogen) atoms. The van der Waals surface area contributed by atoms with Gasteiger partial charge < -0.3 is 5.32 Å². The van der Waals surface area contributed by atoms with Gasteiger partial charge in [0, 0.05) is 17.8 Å². The lowest BCUT2D eigenvalue weighted by atomic mass is 10.2. The van der Waals surface area contributed by atoms with Crippen LogP contribution in [0.4, 0.5) is 0 Å². The zero-order valence-corrected chi connectivity index (χ0v) is 14.8. The van der Waals surface area contributed by atoms with Gasteiger partial charge in [0.25, 0.3) is 5.91 Å². The van der Waals surface area contributed by atoms with Crippen molar-refractivity contribution in [3.8, 4) is 0 Å². The molecule has 2 N–H and O–H groups in total. The van der Waals surface area contributed by atoms with Crippen molar-refractivity contribution in [2.75, 3.05) is 12.0 Å². The molecule has 1 unspecified atom stereocenters. The molecule has 0 radical (unpaired) electrons. The van der Waals surface area contributed by atoms with Crippen LogP contribution < -0.4 is 5.32 Å². The van der Waals surface area contributed by atoms with Crippen molar-refractivity contribution in [2.45, 2.75) is 31.2 Å². The number of carbonyl (C=O) groups is 1. The van der Waals surface area contributed by atoms with E-state index in [9.17, 15) is 4.79 Å². The Morgan fingerprint density at radius 2 is 2.32 bits per heavy atom. The Balaban J connectivity index is 1.56. The highest BCUT2D eigenvalue weighted by atomic mass is 32.2. The predicted molar refractivity (Wildman–Crippen MR) is 96.8 cm³/mol. The molecule has 0 bridgehead atoms. The molecule has 130 valence electrons. The van der Waals surface area contributed by atoms with Gasteiger partial charge in [-0.15, -0.1) is 10.2 Å². The van der Waals surface area contributed by atoms with Gasteiger partial charge in [-0.05, 0) is 49.5 Å². The number of hydrogen-bond donors (Lipinski definition) is 2. The van der Waals surface area contributed by atoms with Gasteiger partial charge in [0.1, 0.15) is 5.69 Å². The van der Waals surface area contributed by atoms with Crippen LogP contribution in [0.3, 0.4) is 0 Å². The van der Waals surface area contributed by atoms with Crippen LogP contribution in [0.2, 0.25) is 0 Å². The Labute approximate surface area is 149 Å². The molecule has 3 aromatic rings. The van der Waals surface area contributed by atoms with Crippen molar-refractivity contribution in [2.24, 2.45) is 0 Å². The second-order valence-electron chi connectivity index (χ2n) is 6.28. The van der Waals surface area contributed by atoms with Crippen molar-refractivity contribution in [3.63, 3.8) is 0 Å². The number of aromatic nitrogens is 5. The molecule has 0 aromatic carbocycles. The summed E-state index contributed by atoms with van der Waals surface area (Å²) in [6.07, 6.45) is 7.10. The molecule has 8 heteroatoms. The highest BCUT2D eigenvalue weighted by Crippen LogP contribution is 2.39. The Hall–Kier alpha value is -2.35. The van der Waals surface area contributed by atoms with Gasteiger partial charge in [0.05, 0.1) is 6.04 Å². The van der Waals surface area contributed by atoms with Crippen LogP contribution in [-0.2, 0) is 0 Å². The van der Waals surface area contributed by atoms with Crippen molar-refractivity contribution in [1.29, 1.82) is 0 Å². The lowest BCUT2D eigenvalue weighted by molar-refractivity contribution is 0.0928. The number of hydrogen-bond acceptors (Lipinski definition) is 5. The summed E-state index contributed by atoms with van der Waals surface area (Å²) in [5.74, 6) is 2.03. The molecule has 1 fully saturated rings. The SMILES string of the molecule is CSCCC(NC(=O)c1cc(C2CC2)[nH]n1)c1nnc2ccccn12. The van der Waals surface area contributed by atoms with Crippen LogP contribution in [0, 0.1) is 0 Å². The summed E-state index contributed by atoms with van der Waals surface area (Å²) in [6, 6.07) is 7.41. The van der Waals surface area contributed by atoms with Crippen LogP contribution in [0.25, 0.3) is 5.65 Å². The number of nitrogens with zero attached hydrogens (tertiary/aromatic N) is 4. The number of thioether (sulfide) groups is 1. The lowest BCUT2D eigenvalue weighted by Crippen LogP contribution is -2.30. The van der Waals surface area contributed by atoms with E-state index >= 15 is 0 Å². The first-order valence-electron chi connectivity index (χ1n) is 8.41. The molecule has 1 amide bonds. The zero-order chi connectivity index (χ0) is 17.2. The van der Waals surface area contributed by atoms with E-state index in [0.29, 0.717) is 11.6 Å². The Morgan fingerprint density at radius 1 is 1.44 bits per heavy atom. The van der Waals surface area contributed by atoms with E-state index in [-0.39, 0.29) is 11.9 Å². The first kappa shape index (κ1) is 16.1. The molecule has 0 spiro atoms. The summed E-state index contributed by atoms with van der Waals surface area (Å²) in [6.45, 7) is 0. The Bertz CT molecular complexity index is 884. The molecule has 3 aromatic heterocycles. The maximum atomic E-state index is 12.6. The number of amides is 1. The van der Waals surface area contributed by atoms with E-state index < -0.39 is 0 Å². The molecule has 1 aliphatic carbocycles. The fourth-order valence-corrected chi connectivity index (χ4v) is 3.36. The molecule has 1 atom stereocenters. The zero-order valence-electron chi connectivity index (χ0n) is 14.0. The molecule has 1 saturated carbocycles.